The molecule has 3 aromatic rings. The van der Waals surface area contributed by atoms with Crippen LogP contribution in [0.15, 0.2) is 55.1 Å². The highest BCUT2D eigenvalue weighted by Crippen LogP contribution is 2.38. The number of hydrogen-bond acceptors (Lipinski definition) is 5. The molecule has 4 rings (SSSR count). The van der Waals surface area contributed by atoms with Crippen LogP contribution in [0.25, 0.3) is 0 Å². The van der Waals surface area contributed by atoms with Crippen molar-refractivity contribution in [3.63, 3.8) is 0 Å². The first-order chi connectivity index (χ1) is 14.6. The Balaban J connectivity index is 1.40. The largest absolute Gasteiger partial charge is 0.486 e. The van der Waals surface area contributed by atoms with E-state index < -0.39 is 0 Å². The predicted octanol–water partition coefficient (Wildman–Crippen LogP) is 3.59. The molecule has 0 radical (unpaired) electrons. The summed E-state index contributed by atoms with van der Waals surface area (Å²) in [6.07, 6.45) is 5.40. The average Bonchev–Trinajstić information content (AvgIpc) is 3.27. The van der Waals surface area contributed by atoms with Crippen molar-refractivity contribution in [3.8, 4) is 11.5 Å². The third-order valence-electron chi connectivity index (χ3n) is 4.44. The first kappa shape index (κ1) is 19.8. The molecule has 0 bridgehead atoms. The van der Waals surface area contributed by atoms with Crippen LogP contribution in [0.5, 0.6) is 11.5 Å². The number of ether oxygens (including phenoxy) is 2. The van der Waals surface area contributed by atoms with E-state index in [1.807, 2.05) is 4.57 Å². The van der Waals surface area contributed by atoms with Crippen LogP contribution < -0.4 is 20.1 Å². The number of hydrogen-bond donors (Lipinski definition) is 2. The fraction of sp³-hybridized carbons (Fsp3) is 0.190. The minimum Gasteiger partial charge on any atom is -0.486 e. The Morgan fingerprint density at radius 1 is 1.10 bits per heavy atom. The van der Waals surface area contributed by atoms with Gasteiger partial charge in [-0.2, -0.15) is 0 Å². The van der Waals surface area contributed by atoms with E-state index in [1.165, 1.54) is 0 Å². The maximum Gasteiger partial charge on any atom is 0.255 e. The van der Waals surface area contributed by atoms with Crippen LogP contribution in [-0.4, -0.2) is 34.6 Å². The van der Waals surface area contributed by atoms with Gasteiger partial charge in [-0.05, 0) is 18.2 Å². The van der Waals surface area contributed by atoms with Crippen molar-refractivity contribution in [3.05, 3.63) is 65.7 Å². The van der Waals surface area contributed by atoms with E-state index in [1.54, 1.807) is 55.1 Å². The predicted molar refractivity (Wildman–Crippen MR) is 112 cm³/mol. The number of anilines is 2. The average molecular weight is 427 g/mol. The highest BCUT2D eigenvalue weighted by molar-refractivity contribution is 6.34. The number of carbonyl (C=O) groups excluding carboxylic acids is 2. The quantitative estimate of drug-likeness (QED) is 0.628. The second-order valence-electron chi connectivity index (χ2n) is 6.61. The summed E-state index contributed by atoms with van der Waals surface area (Å²) < 4.78 is 12.8. The number of aromatic nitrogens is 2. The lowest BCUT2D eigenvalue weighted by atomic mass is 10.1. The number of nitrogens with zero attached hydrogens (tertiary/aromatic N) is 2. The van der Waals surface area contributed by atoms with Crippen molar-refractivity contribution >= 4 is 34.8 Å². The maximum atomic E-state index is 12.7. The molecule has 8 nitrogen and oxygen atoms in total. The number of benzene rings is 2. The van der Waals surface area contributed by atoms with E-state index in [-0.39, 0.29) is 11.8 Å². The van der Waals surface area contributed by atoms with Crippen molar-refractivity contribution in [2.75, 3.05) is 23.8 Å². The smallest absolute Gasteiger partial charge is 0.255 e. The molecule has 1 aliphatic rings. The Kier molecular flexibility index (Phi) is 5.85. The molecule has 9 heteroatoms. The van der Waals surface area contributed by atoms with Gasteiger partial charge in [-0.15, -0.1) is 0 Å². The van der Waals surface area contributed by atoms with Crippen LogP contribution in [0.3, 0.4) is 0 Å². The first-order valence-corrected chi connectivity index (χ1v) is 9.72. The van der Waals surface area contributed by atoms with Gasteiger partial charge in [-0.3, -0.25) is 9.59 Å². The summed E-state index contributed by atoms with van der Waals surface area (Å²) in [5.41, 5.74) is 1.33. The van der Waals surface area contributed by atoms with Crippen molar-refractivity contribution in [1.82, 2.24) is 9.55 Å². The van der Waals surface area contributed by atoms with Crippen LogP contribution in [0.4, 0.5) is 11.4 Å². The lowest BCUT2D eigenvalue weighted by molar-refractivity contribution is -0.116. The molecule has 0 saturated heterocycles. The minimum absolute atomic E-state index is 0.156. The van der Waals surface area contributed by atoms with Gasteiger partial charge >= 0.3 is 0 Å². The Hall–Kier alpha value is -3.52. The normalized spacial score (nSPS) is 12.3. The Bertz CT molecular complexity index is 1070. The number of rotatable bonds is 6. The molecular formula is C21H19ClN4O4. The number of amides is 2. The third-order valence-corrected chi connectivity index (χ3v) is 4.76. The van der Waals surface area contributed by atoms with E-state index in [0.29, 0.717) is 59.6 Å². The Labute approximate surface area is 177 Å². The van der Waals surface area contributed by atoms with Crippen LogP contribution in [-0.2, 0) is 11.3 Å². The van der Waals surface area contributed by atoms with Crippen molar-refractivity contribution in [2.45, 2.75) is 13.0 Å². The molecule has 0 atom stereocenters. The third kappa shape index (κ3) is 4.72. The van der Waals surface area contributed by atoms with Gasteiger partial charge in [-0.1, -0.05) is 17.7 Å². The molecule has 2 aromatic carbocycles. The molecule has 0 saturated carbocycles. The molecule has 2 heterocycles. The summed E-state index contributed by atoms with van der Waals surface area (Å²) in [6, 6.07) is 9.94. The number of imidazole rings is 1. The molecule has 1 aromatic heterocycles. The van der Waals surface area contributed by atoms with Crippen LogP contribution in [0, 0.1) is 0 Å². The first-order valence-electron chi connectivity index (χ1n) is 9.34. The van der Waals surface area contributed by atoms with Gasteiger partial charge in [0.15, 0.2) is 11.5 Å². The SMILES string of the molecule is O=C(CCn1ccnc1)Nc1cccc(C(=O)Nc2cc3c(cc2Cl)OCCO3)c1. The number of carbonyl (C=O) groups is 2. The fourth-order valence-corrected chi connectivity index (χ4v) is 3.17. The Morgan fingerprint density at radius 2 is 1.90 bits per heavy atom. The fourth-order valence-electron chi connectivity index (χ4n) is 2.97. The minimum atomic E-state index is -0.358. The molecule has 2 N–H and O–H groups in total. The zero-order valence-electron chi connectivity index (χ0n) is 15.9. The van der Waals surface area contributed by atoms with Gasteiger partial charge < -0.3 is 24.7 Å². The molecule has 0 unspecified atom stereocenters. The number of fused-ring (bicyclic) bond motifs is 1. The summed E-state index contributed by atoms with van der Waals surface area (Å²) in [4.78, 5) is 28.8. The highest BCUT2D eigenvalue weighted by atomic mass is 35.5. The molecule has 0 aliphatic carbocycles. The maximum absolute atomic E-state index is 12.7. The second-order valence-corrected chi connectivity index (χ2v) is 7.02. The summed E-state index contributed by atoms with van der Waals surface area (Å²) >= 11 is 6.26. The van der Waals surface area contributed by atoms with Crippen LogP contribution in [0.1, 0.15) is 16.8 Å². The van der Waals surface area contributed by atoms with Crippen LogP contribution in [0.2, 0.25) is 5.02 Å². The molecule has 0 fully saturated rings. The highest BCUT2D eigenvalue weighted by Gasteiger charge is 2.17. The summed E-state index contributed by atoms with van der Waals surface area (Å²) in [5, 5.41) is 5.92. The van der Waals surface area contributed by atoms with Gasteiger partial charge in [0.2, 0.25) is 5.91 Å². The zero-order valence-corrected chi connectivity index (χ0v) is 16.7. The number of nitrogens with one attached hydrogen (secondary N) is 2. The monoisotopic (exact) mass is 426 g/mol. The molecule has 30 heavy (non-hydrogen) atoms. The molecule has 2 amide bonds. The van der Waals surface area contributed by atoms with Crippen molar-refractivity contribution in [2.24, 2.45) is 0 Å². The topological polar surface area (TPSA) is 94.5 Å². The standard InChI is InChI=1S/C21H19ClN4O4/c22-16-11-18-19(30-9-8-29-18)12-17(16)25-21(28)14-2-1-3-15(10-14)24-20(27)4-6-26-7-5-23-13-26/h1-3,5,7,10-13H,4,6,8-9H2,(H,24,27)(H,25,28). The summed E-state index contributed by atoms with van der Waals surface area (Å²) in [7, 11) is 0. The molecule has 0 spiro atoms. The number of aryl methyl sites for hydroxylation is 1. The lowest BCUT2D eigenvalue weighted by Crippen LogP contribution is -2.17. The summed E-state index contributed by atoms with van der Waals surface area (Å²) in [5.74, 6) is 0.559. The summed E-state index contributed by atoms with van der Waals surface area (Å²) in [6.45, 7) is 1.41. The van der Waals surface area contributed by atoms with Crippen LogP contribution >= 0.6 is 11.6 Å². The van der Waals surface area contributed by atoms with Gasteiger partial charge in [0.1, 0.15) is 13.2 Å². The Morgan fingerprint density at radius 3 is 2.67 bits per heavy atom. The molecule has 154 valence electrons. The van der Waals surface area contributed by atoms with Gasteiger partial charge in [0.05, 0.1) is 17.0 Å². The van der Waals surface area contributed by atoms with Gasteiger partial charge in [-0.25, -0.2) is 4.98 Å². The van der Waals surface area contributed by atoms with Crippen molar-refractivity contribution < 1.29 is 19.1 Å². The zero-order chi connectivity index (χ0) is 20.9. The second kappa shape index (κ2) is 8.87. The van der Waals surface area contributed by atoms with E-state index in [4.69, 9.17) is 21.1 Å². The number of halogens is 1. The van der Waals surface area contributed by atoms with E-state index >= 15 is 0 Å². The van der Waals surface area contributed by atoms with Gasteiger partial charge in [0, 0.05) is 48.7 Å². The molecule has 1 aliphatic heterocycles. The van der Waals surface area contributed by atoms with E-state index in [2.05, 4.69) is 15.6 Å². The van der Waals surface area contributed by atoms with E-state index in [0.717, 1.165) is 0 Å². The van der Waals surface area contributed by atoms with Gasteiger partial charge in [0.25, 0.3) is 5.91 Å². The lowest BCUT2D eigenvalue weighted by Gasteiger charge is -2.20. The van der Waals surface area contributed by atoms with Crippen molar-refractivity contribution in [1.29, 1.82) is 0 Å². The molecular weight excluding hydrogens is 408 g/mol. The van der Waals surface area contributed by atoms with E-state index in [9.17, 15) is 9.59 Å².